The highest BCUT2D eigenvalue weighted by Gasteiger charge is 2.14. The standard InChI is InChI=1S/C7H9F2N3/c1-3-4(10)2-5(11)12-6(3)7(8)9/h2,7H,1H3,(H4,10,11,12). The van der Waals surface area contributed by atoms with Crippen LogP contribution in [0.15, 0.2) is 6.07 Å². The average Bonchev–Trinajstić information content (AvgIpc) is 1.96. The summed E-state index contributed by atoms with van der Waals surface area (Å²) in [6.07, 6.45) is -2.63. The summed E-state index contributed by atoms with van der Waals surface area (Å²) in [5.41, 5.74) is 10.8. The van der Waals surface area contributed by atoms with Crippen molar-refractivity contribution in [3.05, 3.63) is 17.3 Å². The largest absolute Gasteiger partial charge is 0.398 e. The molecule has 0 saturated carbocycles. The smallest absolute Gasteiger partial charge is 0.280 e. The molecule has 0 radical (unpaired) electrons. The van der Waals surface area contributed by atoms with Gasteiger partial charge < -0.3 is 11.5 Å². The van der Waals surface area contributed by atoms with E-state index in [0.29, 0.717) is 5.56 Å². The Hall–Kier alpha value is -1.39. The molecule has 0 unspecified atom stereocenters. The summed E-state index contributed by atoms with van der Waals surface area (Å²) in [5.74, 6) is 0.0217. The molecule has 0 bridgehead atoms. The van der Waals surface area contributed by atoms with E-state index in [4.69, 9.17) is 11.5 Å². The second kappa shape index (κ2) is 2.92. The minimum atomic E-state index is -2.63. The van der Waals surface area contributed by atoms with Gasteiger partial charge in [-0.15, -0.1) is 0 Å². The maximum Gasteiger partial charge on any atom is 0.280 e. The Morgan fingerprint density at radius 1 is 1.42 bits per heavy atom. The topological polar surface area (TPSA) is 64.9 Å². The molecule has 5 heteroatoms. The van der Waals surface area contributed by atoms with Gasteiger partial charge in [-0.05, 0) is 12.5 Å². The van der Waals surface area contributed by atoms with Gasteiger partial charge in [-0.25, -0.2) is 13.8 Å². The van der Waals surface area contributed by atoms with E-state index in [1.165, 1.54) is 13.0 Å². The molecule has 1 heterocycles. The number of aromatic nitrogens is 1. The summed E-state index contributed by atoms with van der Waals surface area (Å²) < 4.78 is 24.4. The van der Waals surface area contributed by atoms with E-state index in [0.717, 1.165) is 0 Å². The highest BCUT2D eigenvalue weighted by molar-refractivity contribution is 5.54. The summed E-state index contributed by atoms with van der Waals surface area (Å²) in [7, 11) is 0. The number of pyridine rings is 1. The molecule has 0 amide bonds. The first-order valence-electron chi connectivity index (χ1n) is 3.33. The van der Waals surface area contributed by atoms with Gasteiger partial charge in [0.1, 0.15) is 11.5 Å². The quantitative estimate of drug-likeness (QED) is 0.676. The van der Waals surface area contributed by atoms with Crippen LogP contribution in [0.2, 0.25) is 0 Å². The summed E-state index contributed by atoms with van der Waals surface area (Å²) in [6.45, 7) is 1.49. The molecule has 0 atom stereocenters. The Bertz CT molecular complexity index is 299. The lowest BCUT2D eigenvalue weighted by Crippen LogP contribution is -2.03. The second-order valence-corrected chi connectivity index (χ2v) is 2.45. The Labute approximate surface area is 68.4 Å². The fourth-order valence-corrected chi connectivity index (χ4v) is 0.883. The van der Waals surface area contributed by atoms with Crippen molar-refractivity contribution >= 4 is 11.5 Å². The predicted molar refractivity (Wildman–Crippen MR) is 42.8 cm³/mol. The number of nitrogen functional groups attached to an aromatic ring is 2. The van der Waals surface area contributed by atoms with Gasteiger partial charge in [0.05, 0.1) is 0 Å². The Morgan fingerprint density at radius 2 is 2.00 bits per heavy atom. The second-order valence-electron chi connectivity index (χ2n) is 2.45. The van der Waals surface area contributed by atoms with E-state index in [-0.39, 0.29) is 17.2 Å². The molecule has 3 nitrogen and oxygen atoms in total. The fourth-order valence-electron chi connectivity index (χ4n) is 0.883. The highest BCUT2D eigenvalue weighted by atomic mass is 19.3. The molecular formula is C7H9F2N3. The lowest BCUT2D eigenvalue weighted by molar-refractivity contribution is 0.145. The van der Waals surface area contributed by atoms with Crippen molar-refractivity contribution in [1.82, 2.24) is 4.98 Å². The van der Waals surface area contributed by atoms with Gasteiger partial charge in [-0.3, -0.25) is 0 Å². The SMILES string of the molecule is Cc1c(N)cc(N)nc1C(F)F. The van der Waals surface area contributed by atoms with Crippen molar-refractivity contribution in [2.45, 2.75) is 13.3 Å². The molecule has 0 spiro atoms. The van der Waals surface area contributed by atoms with Crippen LogP contribution in [0.5, 0.6) is 0 Å². The number of nitrogens with zero attached hydrogens (tertiary/aromatic N) is 1. The summed E-state index contributed by atoms with van der Waals surface area (Å²) in [6, 6.07) is 1.36. The van der Waals surface area contributed by atoms with Crippen LogP contribution in [0, 0.1) is 6.92 Å². The number of nitrogens with two attached hydrogens (primary N) is 2. The molecule has 0 fully saturated rings. The van der Waals surface area contributed by atoms with E-state index in [1.54, 1.807) is 0 Å². The van der Waals surface area contributed by atoms with E-state index in [9.17, 15) is 8.78 Å². The first-order chi connectivity index (χ1) is 5.52. The van der Waals surface area contributed by atoms with E-state index in [1.807, 2.05) is 0 Å². The van der Waals surface area contributed by atoms with Gasteiger partial charge in [-0.2, -0.15) is 0 Å². The number of halogens is 2. The van der Waals surface area contributed by atoms with Crippen LogP contribution in [-0.4, -0.2) is 4.98 Å². The van der Waals surface area contributed by atoms with Gasteiger partial charge in [0.15, 0.2) is 0 Å². The first-order valence-corrected chi connectivity index (χ1v) is 3.33. The third-order valence-corrected chi connectivity index (χ3v) is 1.58. The molecule has 1 aromatic heterocycles. The number of rotatable bonds is 1. The van der Waals surface area contributed by atoms with Gasteiger partial charge in [0, 0.05) is 11.8 Å². The van der Waals surface area contributed by atoms with Crippen LogP contribution in [0.4, 0.5) is 20.3 Å². The van der Waals surface area contributed by atoms with Crippen LogP contribution in [0.25, 0.3) is 0 Å². The summed E-state index contributed by atoms with van der Waals surface area (Å²) >= 11 is 0. The van der Waals surface area contributed by atoms with Crippen molar-refractivity contribution < 1.29 is 8.78 Å². The maximum atomic E-state index is 12.2. The molecule has 0 aliphatic carbocycles. The number of alkyl halides is 2. The number of anilines is 2. The predicted octanol–water partition coefficient (Wildman–Crippen LogP) is 1.49. The van der Waals surface area contributed by atoms with Crippen LogP contribution in [-0.2, 0) is 0 Å². The van der Waals surface area contributed by atoms with Gasteiger partial charge in [0.2, 0.25) is 0 Å². The minimum Gasteiger partial charge on any atom is -0.398 e. The third kappa shape index (κ3) is 1.44. The molecule has 0 aliphatic rings. The van der Waals surface area contributed by atoms with Crippen molar-refractivity contribution in [3.63, 3.8) is 0 Å². The van der Waals surface area contributed by atoms with E-state index in [2.05, 4.69) is 4.98 Å². The van der Waals surface area contributed by atoms with Crippen LogP contribution in [0.1, 0.15) is 17.7 Å². The molecular weight excluding hydrogens is 164 g/mol. The first kappa shape index (κ1) is 8.70. The zero-order chi connectivity index (χ0) is 9.30. The van der Waals surface area contributed by atoms with Crippen molar-refractivity contribution in [3.8, 4) is 0 Å². The highest BCUT2D eigenvalue weighted by Crippen LogP contribution is 2.25. The van der Waals surface area contributed by atoms with E-state index >= 15 is 0 Å². The molecule has 0 saturated heterocycles. The van der Waals surface area contributed by atoms with Crippen molar-refractivity contribution in [1.29, 1.82) is 0 Å². The summed E-state index contributed by atoms with van der Waals surface area (Å²) in [5, 5.41) is 0. The summed E-state index contributed by atoms with van der Waals surface area (Å²) in [4.78, 5) is 3.48. The van der Waals surface area contributed by atoms with Gasteiger partial charge in [-0.1, -0.05) is 0 Å². The molecule has 66 valence electrons. The lowest BCUT2D eigenvalue weighted by atomic mass is 10.2. The van der Waals surface area contributed by atoms with Crippen molar-refractivity contribution in [2.75, 3.05) is 11.5 Å². The number of hydrogen-bond donors (Lipinski definition) is 2. The maximum absolute atomic E-state index is 12.2. The molecule has 4 N–H and O–H groups in total. The normalized spacial score (nSPS) is 10.7. The van der Waals surface area contributed by atoms with Crippen LogP contribution >= 0.6 is 0 Å². The van der Waals surface area contributed by atoms with Gasteiger partial charge in [0.25, 0.3) is 6.43 Å². The third-order valence-electron chi connectivity index (χ3n) is 1.58. The van der Waals surface area contributed by atoms with Crippen LogP contribution in [0.3, 0.4) is 0 Å². The molecule has 1 rings (SSSR count). The zero-order valence-electron chi connectivity index (χ0n) is 6.51. The van der Waals surface area contributed by atoms with E-state index < -0.39 is 6.43 Å². The number of hydrogen-bond acceptors (Lipinski definition) is 3. The Balaban J connectivity index is 3.28. The van der Waals surface area contributed by atoms with Crippen molar-refractivity contribution in [2.24, 2.45) is 0 Å². The van der Waals surface area contributed by atoms with Gasteiger partial charge >= 0.3 is 0 Å². The zero-order valence-corrected chi connectivity index (χ0v) is 6.51. The van der Waals surface area contributed by atoms with Crippen LogP contribution < -0.4 is 11.5 Å². The molecule has 1 aromatic rings. The minimum absolute atomic E-state index is 0.0217. The molecule has 0 aliphatic heterocycles. The molecule has 12 heavy (non-hydrogen) atoms. The fraction of sp³-hybridized carbons (Fsp3) is 0.286. The monoisotopic (exact) mass is 173 g/mol. The average molecular weight is 173 g/mol. The Morgan fingerprint density at radius 3 is 2.50 bits per heavy atom. The molecule has 0 aromatic carbocycles. The Kier molecular flexibility index (Phi) is 2.12. The lowest BCUT2D eigenvalue weighted by Gasteiger charge is -2.07.